The second-order valence-corrected chi connectivity index (χ2v) is 5.39. The first kappa shape index (κ1) is 13.8. The van der Waals surface area contributed by atoms with Crippen LogP contribution in [0.1, 0.15) is 24.8 Å². The van der Waals surface area contributed by atoms with Gasteiger partial charge >= 0.3 is 0 Å². The van der Waals surface area contributed by atoms with E-state index in [0.717, 1.165) is 19.3 Å². The molecule has 0 aliphatic heterocycles. The van der Waals surface area contributed by atoms with E-state index in [-0.39, 0.29) is 30.0 Å². The molecule has 19 heavy (non-hydrogen) atoms. The standard InChI is InChI=1S/C14H18N2O2S/c15-14(19)10-5-3-6-11(10)16-13(18)8-9-4-1-2-7-12(9)17/h1-2,4,7,10-11,17H,3,5-6,8H2,(H2,15,19)(H,16,18). The lowest BCUT2D eigenvalue weighted by Crippen LogP contribution is -2.42. The summed E-state index contributed by atoms with van der Waals surface area (Å²) in [7, 11) is 0. The molecular weight excluding hydrogens is 260 g/mol. The fourth-order valence-corrected chi connectivity index (χ4v) is 2.85. The molecular formula is C14H18N2O2S. The first-order chi connectivity index (χ1) is 9.08. The van der Waals surface area contributed by atoms with Crippen LogP contribution in [0.3, 0.4) is 0 Å². The van der Waals surface area contributed by atoms with Crippen LogP contribution >= 0.6 is 12.2 Å². The molecule has 2 unspecified atom stereocenters. The number of amides is 1. The molecule has 0 heterocycles. The van der Waals surface area contributed by atoms with Crippen molar-refractivity contribution in [2.24, 2.45) is 11.7 Å². The monoisotopic (exact) mass is 278 g/mol. The van der Waals surface area contributed by atoms with Crippen LogP contribution in [0, 0.1) is 5.92 Å². The Bertz CT molecular complexity index is 490. The second kappa shape index (κ2) is 6.02. The first-order valence-corrected chi connectivity index (χ1v) is 6.84. The maximum absolute atomic E-state index is 12.0. The summed E-state index contributed by atoms with van der Waals surface area (Å²) >= 11 is 5.02. The van der Waals surface area contributed by atoms with Crippen LogP contribution in [-0.4, -0.2) is 22.0 Å². The average Bonchev–Trinajstić information content (AvgIpc) is 2.80. The van der Waals surface area contributed by atoms with E-state index in [1.54, 1.807) is 24.3 Å². The number of phenols is 1. The molecule has 4 nitrogen and oxygen atoms in total. The average molecular weight is 278 g/mol. The largest absolute Gasteiger partial charge is 0.508 e. The van der Waals surface area contributed by atoms with Crippen molar-refractivity contribution < 1.29 is 9.90 Å². The van der Waals surface area contributed by atoms with Crippen molar-refractivity contribution in [3.8, 4) is 5.75 Å². The van der Waals surface area contributed by atoms with Crippen molar-refractivity contribution in [2.75, 3.05) is 0 Å². The zero-order chi connectivity index (χ0) is 13.8. The number of thiocarbonyl (C=S) groups is 1. The lowest BCUT2D eigenvalue weighted by atomic mass is 10.0. The number of rotatable bonds is 4. The Kier molecular flexibility index (Phi) is 4.37. The molecule has 0 aromatic heterocycles. The van der Waals surface area contributed by atoms with Gasteiger partial charge in [-0.3, -0.25) is 4.79 Å². The van der Waals surface area contributed by atoms with Crippen LogP contribution in [0.25, 0.3) is 0 Å². The molecule has 4 N–H and O–H groups in total. The van der Waals surface area contributed by atoms with Crippen LogP contribution in [0.5, 0.6) is 5.75 Å². The van der Waals surface area contributed by atoms with Gasteiger partial charge in [0, 0.05) is 17.5 Å². The summed E-state index contributed by atoms with van der Waals surface area (Å²) in [5.74, 6) is 0.146. The van der Waals surface area contributed by atoms with Gasteiger partial charge in [0.25, 0.3) is 0 Å². The predicted molar refractivity (Wildman–Crippen MR) is 77.9 cm³/mol. The first-order valence-electron chi connectivity index (χ1n) is 6.43. The van der Waals surface area contributed by atoms with Crippen molar-refractivity contribution in [1.82, 2.24) is 5.32 Å². The summed E-state index contributed by atoms with van der Waals surface area (Å²) in [4.78, 5) is 12.5. The van der Waals surface area contributed by atoms with E-state index >= 15 is 0 Å². The summed E-state index contributed by atoms with van der Waals surface area (Å²) in [5.41, 5.74) is 6.31. The molecule has 5 heteroatoms. The Labute approximate surface area is 118 Å². The molecule has 0 spiro atoms. The molecule has 1 aromatic rings. The molecule has 1 aliphatic carbocycles. The molecule has 0 bridgehead atoms. The van der Waals surface area contributed by atoms with Crippen molar-refractivity contribution >= 4 is 23.1 Å². The Morgan fingerprint density at radius 2 is 2.16 bits per heavy atom. The molecule has 1 fully saturated rings. The minimum Gasteiger partial charge on any atom is -0.508 e. The lowest BCUT2D eigenvalue weighted by Gasteiger charge is -2.20. The highest BCUT2D eigenvalue weighted by atomic mass is 32.1. The Morgan fingerprint density at radius 3 is 2.84 bits per heavy atom. The van der Waals surface area contributed by atoms with E-state index in [2.05, 4.69) is 5.32 Å². The molecule has 2 atom stereocenters. The van der Waals surface area contributed by atoms with Gasteiger partial charge in [-0.15, -0.1) is 0 Å². The van der Waals surface area contributed by atoms with Crippen LogP contribution in [0.15, 0.2) is 24.3 Å². The number of nitrogens with one attached hydrogen (secondary N) is 1. The number of aromatic hydroxyl groups is 1. The van der Waals surface area contributed by atoms with Gasteiger partial charge < -0.3 is 16.2 Å². The third-order valence-electron chi connectivity index (χ3n) is 3.57. The SMILES string of the molecule is NC(=S)C1CCCC1NC(=O)Cc1ccccc1O. The number of nitrogens with two attached hydrogens (primary N) is 1. The molecule has 0 radical (unpaired) electrons. The molecule has 1 aromatic carbocycles. The topological polar surface area (TPSA) is 75.3 Å². The Morgan fingerprint density at radius 1 is 1.42 bits per heavy atom. The van der Waals surface area contributed by atoms with E-state index in [1.165, 1.54) is 0 Å². The third-order valence-corrected chi connectivity index (χ3v) is 3.87. The Balaban J connectivity index is 1.95. The molecule has 1 amide bonds. The normalized spacial score (nSPS) is 22.1. The van der Waals surface area contributed by atoms with Crippen LogP contribution in [0.2, 0.25) is 0 Å². The number of para-hydroxylation sites is 1. The van der Waals surface area contributed by atoms with Gasteiger partial charge in [-0.2, -0.15) is 0 Å². The fourth-order valence-electron chi connectivity index (χ4n) is 2.56. The zero-order valence-corrected chi connectivity index (χ0v) is 11.5. The van der Waals surface area contributed by atoms with Crippen molar-refractivity contribution in [3.63, 3.8) is 0 Å². The summed E-state index contributed by atoms with van der Waals surface area (Å²) in [6, 6.07) is 6.90. The third kappa shape index (κ3) is 3.44. The molecule has 1 saturated carbocycles. The van der Waals surface area contributed by atoms with Crippen molar-refractivity contribution in [3.05, 3.63) is 29.8 Å². The number of carbonyl (C=O) groups excluding carboxylic acids is 1. The van der Waals surface area contributed by atoms with Crippen LogP contribution in [0.4, 0.5) is 0 Å². The van der Waals surface area contributed by atoms with Gasteiger partial charge in [-0.25, -0.2) is 0 Å². The number of benzene rings is 1. The Hall–Kier alpha value is -1.62. The van der Waals surface area contributed by atoms with E-state index < -0.39 is 0 Å². The van der Waals surface area contributed by atoms with Gasteiger partial charge in [0.1, 0.15) is 5.75 Å². The number of phenolic OH excluding ortho intramolecular Hbond substituents is 1. The molecule has 102 valence electrons. The maximum Gasteiger partial charge on any atom is 0.224 e. The van der Waals surface area contributed by atoms with Gasteiger partial charge in [0.2, 0.25) is 5.91 Å². The molecule has 1 aliphatic rings. The van der Waals surface area contributed by atoms with E-state index in [0.29, 0.717) is 10.6 Å². The van der Waals surface area contributed by atoms with Gasteiger partial charge in [-0.05, 0) is 18.9 Å². The van der Waals surface area contributed by atoms with Crippen molar-refractivity contribution in [2.45, 2.75) is 31.7 Å². The van der Waals surface area contributed by atoms with Crippen molar-refractivity contribution in [1.29, 1.82) is 0 Å². The zero-order valence-electron chi connectivity index (χ0n) is 10.6. The fraction of sp³-hybridized carbons (Fsp3) is 0.429. The van der Waals surface area contributed by atoms with E-state index in [1.807, 2.05) is 0 Å². The smallest absolute Gasteiger partial charge is 0.224 e. The molecule has 2 rings (SSSR count). The summed E-state index contributed by atoms with van der Waals surface area (Å²) in [6.45, 7) is 0. The maximum atomic E-state index is 12.0. The number of hydrogen-bond acceptors (Lipinski definition) is 3. The number of hydrogen-bond donors (Lipinski definition) is 3. The summed E-state index contributed by atoms with van der Waals surface area (Å²) in [5, 5.41) is 12.6. The minimum absolute atomic E-state index is 0.0378. The number of carbonyl (C=O) groups is 1. The predicted octanol–water partition coefficient (Wildman–Crippen LogP) is 1.51. The molecule has 0 saturated heterocycles. The highest BCUT2D eigenvalue weighted by Crippen LogP contribution is 2.26. The van der Waals surface area contributed by atoms with Gasteiger partial charge in [0.05, 0.1) is 11.4 Å². The lowest BCUT2D eigenvalue weighted by molar-refractivity contribution is -0.121. The van der Waals surface area contributed by atoms with Crippen LogP contribution in [-0.2, 0) is 11.2 Å². The van der Waals surface area contributed by atoms with E-state index in [4.69, 9.17) is 18.0 Å². The summed E-state index contributed by atoms with van der Waals surface area (Å²) in [6.07, 6.45) is 3.06. The highest BCUT2D eigenvalue weighted by Gasteiger charge is 2.30. The quantitative estimate of drug-likeness (QED) is 0.730. The van der Waals surface area contributed by atoms with Gasteiger partial charge in [0.15, 0.2) is 0 Å². The summed E-state index contributed by atoms with van der Waals surface area (Å²) < 4.78 is 0. The van der Waals surface area contributed by atoms with Gasteiger partial charge in [-0.1, -0.05) is 36.8 Å². The second-order valence-electron chi connectivity index (χ2n) is 4.92. The minimum atomic E-state index is -0.102. The van der Waals surface area contributed by atoms with E-state index in [9.17, 15) is 9.90 Å². The highest BCUT2D eigenvalue weighted by molar-refractivity contribution is 7.80. The van der Waals surface area contributed by atoms with Crippen LogP contribution < -0.4 is 11.1 Å².